The molecule has 0 bridgehead atoms. The van der Waals surface area contributed by atoms with Crippen LogP contribution in [0.2, 0.25) is 0 Å². The Morgan fingerprint density at radius 1 is 0.532 bits per heavy atom. The average Bonchev–Trinajstić information content (AvgIpc) is 2.93. The Morgan fingerprint density at radius 2 is 0.872 bits per heavy atom. The van der Waals surface area contributed by atoms with E-state index in [1.54, 1.807) is 0 Å². The summed E-state index contributed by atoms with van der Waals surface area (Å²) in [5.74, 6) is -31.7. The fourth-order valence-electron chi connectivity index (χ4n) is 3.43. The van der Waals surface area contributed by atoms with Gasteiger partial charge in [0.15, 0.2) is 24.8 Å². The van der Waals surface area contributed by atoms with Crippen LogP contribution in [-0.2, 0) is 21.0 Å². The van der Waals surface area contributed by atoms with Gasteiger partial charge in [-0.15, -0.1) is 0 Å². The predicted molar refractivity (Wildman–Crippen MR) is 142 cm³/mol. The van der Waals surface area contributed by atoms with Gasteiger partial charge in [0.1, 0.15) is 11.4 Å². The number of hydrogen-bond donors (Lipinski definition) is 0. The molecule has 0 atom stereocenters. The van der Waals surface area contributed by atoms with Crippen molar-refractivity contribution in [3.63, 3.8) is 0 Å². The lowest BCUT2D eigenvalue weighted by molar-refractivity contribution is -0.433. The van der Waals surface area contributed by atoms with Crippen molar-refractivity contribution < 1.29 is 74.8 Å². The zero-order valence-electron chi connectivity index (χ0n) is 23.9. The van der Waals surface area contributed by atoms with Crippen LogP contribution in [0.1, 0.15) is 20.8 Å². The Bertz CT molecular complexity index is 1540. The second-order valence-corrected chi connectivity index (χ2v) is 13.8. The molecule has 0 aliphatic heterocycles. The Hall–Kier alpha value is -3.19. The predicted octanol–water partition coefficient (Wildman–Crippen LogP) is 9.19. The molecule has 19 heteroatoms. The van der Waals surface area contributed by atoms with Gasteiger partial charge in [0.2, 0.25) is 0 Å². The molecule has 4 nitrogen and oxygen atoms in total. The molecule has 0 amide bonds. The first-order chi connectivity index (χ1) is 21.0. The maximum Gasteiger partial charge on any atom is 0.460 e. The number of benzene rings is 3. The standard InChI is InChI=1S/C22H23OS.C6HF13O3S/c1-22(2,3)23-18-14-16-21(17-15-18)24(19-10-6-4-7-11-19)20-12-8-5-9-13-20;7-1(8,3(11,12)5(15,16)17)2(9,10)4(13,14)6(18,19)23(20,21)22/h4-17H,1-3H3;(H,20,21,22)/q+1;/p-1. The molecule has 0 N–H and O–H groups in total. The number of rotatable bonds is 9. The molecular formula is C28H23F13O4S2. The highest BCUT2D eigenvalue weighted by atomic mass is 32.2. The van der Waals surface area contributed by atoms with E-state index in [4.69, 9.17) is 4.74 Å². The third-order valence-corrected chi connectivity index (χ3v) is 8.77. The number of halogens is 13. The van der Waals surface area contributed by atoms with Crippen LogP contribution in [0.15, 0.2) is 99.6 Å². The zero-order chi connectivity index (χ0) is 36.5. The van der Waals surface area contributed by atoms with Crippen LogP contribution in [0.4, 0.5) is 57.1 Å². The Kier molecular flexibility index (Phi) is 11.4. The van der Waals surface area contributed by atoms with Crippen molar-refractivity contribution in [1.29, 1.82) is 0 Å². The van der Waals surface area contributed by atoms with Crippen molar-refractivity contribution in [3.8, 4) is 5.75 Å². The SMILES string of the molecule is CC(C)(C)Oc1ccc([S+](c2ccccc2)c2ccccc2)cc1.O=S(=O)([O-])C(F)(F)C(F)(F)C(F)(F)C(F)(F)C(F)(F)C(F)(F)F. The van der Waals surface area contributed by atoms with Gasteiger partial charge >= 0.3 is 35.1 Å². The van der Waals surface area contributed by atoms with Gasteiger partial charge < -0.3 is 9.29 Å². The maximum absolute atomic E-state index is 12.7. The largest absolute Gasteiger partial charge is 0.743 e. The molecule has 47 heavy (non-hydrogen) atoms. The maximum atomic E-state index is 12.7. The fourth-order valence-corrected chi connectivity index (χ4v) is 5.96. The molecule has 0 saturated carbocycles. The summed E-state index contributed by atoms with van der Waals surface area (Å²) in [5, 5.41) is -7.63. The summed E-state index contributed by atoms with van der Waals surface area (Å²) in [7, 11) is -7.96. The molecule has 0 aliphatic rings. The molecule has 0 saturated heterocycles. The second-order valence-electron chi connectivity index (χ2n) is 10.4. The van der Waals surface area contributed by atoms with Crippen LogP contribution in [0.5, 0.6) is 5.75 Å². The third kappa shape index (κ3) is 8.10. The van der Waals surface area contributed by atoms with Crippen LogP contribution < -0.4 is 4.74 Å². The molecule has 0 heterocycles. The molecule has 0 spiro atoms. The summed E-state index contributed by atoms with van der Waals surface area (Å²) >= 11 is 0. The Labute approximate surface area is 262 Å². The van der Waals surface area contributed by atoms with Gasteiger partial charge in [-0.05, 0) is 69.3 Å². The van der Waals surface area contributed by atoms with E-state index in [0.717, 1.165) is 5.75 Å². The lowest BCUT2D eigenvalue weighted by atomic mass is 9.98. The van der Waals surface area contributed by atoms with E-state index in [1.165, 1.54) is 14.7 Å². The highest BCUT2D eigenvalue weighted by Gasteiger charge is 2.91. The van der Waals surface area contributed by atoms with Gasteiger partial charge in [0.05, 0.1) is 10.9 Å². The van der Waals surface area contributed by atoms with Crippen LogP contribution in [-0.4, -0.2) is 53.7 Å². The molecular weight excluding hydrogens is 711 g/mol. The molecule has 0 radical (unpaired) electrons. The van der Waals surface area contributed by atoms with Crippen molar-refractivity contribution in [3.05, 3.63) is 84.9 Å². The summed E-state index contributed by atoms with van der Waals surface area (Å²) in [5.41, 5.74) is -0.179. The van der Waals surface area contributed by atoms with Crippen LogP contribution >= 0.6 is 0 Å². The zero-order valence-corrected chi connectivity index (χ0v) is 25.6. The second kappa shape index (κ2) is 13.4. The van der Waals surface area contributed by atoms with Crippen molar-refractivity contribution >= 4 is 21.0 Å². The molecule has 0 fully saturated rings. The van der Waals surface area contributed by atoms with Gasteiger partial charge in [-0.3, -0.25) is 0 Å². The first kappa shape index (κ1) is 40.0. The van der Waals surface area contributed by atoms with E-state index in [-0.39, 0.29) is 16.5 Å². The van der Waals surface area contributed by atoms with Crippen LogP contribution in [0.3, 0.4) is 0 Å². The smallest absolute Gasteiger partial charge is 0.460 e. The van der Waals surface area contributed by atoms with Gasteiger partial charge in [0.25, 0.3) is 0 Å². The molecule has 3 rings (SSSR count). The van der Waals surface area contributed by atoms with Gasteiger partial charge in [-0.1, -0.05) is 36.4 Å². The molecule has 262 valence electrons. The van der Waals surface area contributed by atoms with Gasteiger partial charge in [-0.25, -0.2) is 8.42 Å². The summed E-state index contributed by atoms with van der Waals surface area (Å²) in [6, 6.07) is 29.9. The molecule has 3 aromatic rings. The number of ether oxygens (including phenoxy) is 1. The monoisotopic (exact) mass is 734 g/mol. The topological polar surface area (TPSA) is 66.4 Å². The van der Waals surface area contributed by atoms with Crippen LogP contribution in [0.25, 0.3) is 0 Å². The number of alkyl halides is 13. The van der Waals surface area contributed by atoms with Gasteiger partial charge in [0, 0.05) is 0 Å². The summed E-state index contributed by atoms with van der Waals surface area (Å²) in [6.07, 6.45) is -7.61. The quantitative estimate of drug-likeness (QED) is 0.125. The lowest BCUT2D eigenvalue weighted by Gasteiger charge is -2.39. The molecule has 0 aliphatic carbocycles. The summed E-state index contributed by atoms with van der Waals surface area (Å²) in [4.78, 5) is 3.95. The van der Waals surface area contributed by atoms with Crippen molar-refractivity contribution in [2.75, 3.05) is 0 Å². The molecule has 0 unspecified atom stereocenters. The highest BCUT2D eigenvalue weighted by Crippen LogP contribution is 2.60. The first-order valence-electron chi connectivity index (χ1n) is 12.6. The summed E-state index contributed by atoms with van der Waals surface area (Å²) in [6.45, 7) is 6.21. The lowest BCUT2D eigenvalue weighted by Crippen LogP contribution is -2.71. The van der Waals surface area contributed by atoms with Crippen molar-refractivity contribution in [1.82, 2.24) is 0 Å². The minimum Gasteiger partial charge on any atom is -0.743 e. The van der Waals surface area contributed by atoms with E-state index >= 15 is 0 Å². The van der Waals surface area contributed by atoms with E-state index < -0.39 is 45.2 Å². The fraction of sp³-hybridized carbons (Fsp3) is 0.357. The van der Waals surface area contributed by atoms with E-state index in [2.05, 4.69) is 106 Å². The van der Waals surface area contributed by atoms with Crippen LogP contribution in [0, 0.1) is 0 Å². The van der Waals surface area contributed by atoms with Crippen molar-refractivity contribution in [2.24, 2.45) is 0 Å². The van der Waals surface area contributed by atoms with E-state index in [0.29, 0.717) is 0 Å². The third-order valence-electron chi connectivity index (χ3n) is 5.66. The Morgan fingerprint density at radius 3 is 1.19 bits per heavy atom. The Balaban J connectivity index is 0.000000328. The average molecular weight is 735 g/mol. The molecule has 0 aromatic heterocycles. The minimum atomic E-state index is -8.29. The number of hydrogen-bond acceptors (Lipinski definition) is 4. The van der Waals surface area contributed by atoms with Gasteiger partial charge in [-0.2, -0.15) is 57.1 Å². The first-order valence-corrected chi connectivity index (χ1v) is 15.2. The molecule has 3 aromatic carbocycles. The normalized spacial score (nSPS) is 14.0. The summed E-state index contributed by atoms with van der Waals surface area (Å²) < 4.78 is 195. The van der Waals surface area contributed by atoms with E-state index in [1.807, 2.05) is 0 Å². The van der Waals surface area contributed by atoms with Crippen molar-refractivity contribution in [2.45, 2.75) is 76.2 Å². The minimum absolute atomic E-state index is 0.102. The van der Waals surface area contributed by atoms with E-state index in [9.17, 15) is 70.0 Å². The highest BCUT2D eigenvalue weighted by molar-refractivity contribution is 7.97.